The molecule has 5 nitrogen and oxygen atoms in total. The molecule has 2 aliphatic rings. The molecule has 9 rings (SSSR count). The summed E-state index contributed by atoms with van der Waals surface area (Å²) < 4.78 is 12.7. The maximum absolute atomic E-state index is 6.37. The van der Waals surface area contributed by atoms with Crippen molar-refractivity contribution in [2.24, 2.45) is 0 Å². The summed E-state index contributed by atoms with van der Waals surface area (Å²) in [5.74, 6) is 3.22. The van der Waals surface area contributed by atoms with Crippen molar-refractivity contribution >= 4 is 34.1 Å². The molecule has 2 aliphatic heterocycles. The molecular formula is C41H27N3O2. The molecule has 46 heavy (non-hydrogen) atoms. The molecule has 5 heteroatoms. The molecule has 0 N–H and O–H groups in total. The first-order chi connectivity index (χ1) is 22.8. The first-order valence-corrected chi connectivity index (χ1v) is 15.3. The van der Waals surface area contributed by atoms with Crippen LogP contribution >= 0.6 is 0 Å². The fourth-order valence-corrected chi connectivity index (χ4v) is 6.33. The molecule has 0 bridgehead atoms. The molecule has 0 aliphatic carbocycles. The van der Waals surface area contributed by atoms with Crippen molar-refractivity contribution in [3.05, 3.63) is 164 Å². The van der Waals surface area contributed by atoms with Crippen molar-refractivity contribution in [3.63, 3.8) is 0 Å². The van der Waals surface area contributed by atoms with Gasteiger partial charge in [-0.25, -0.2) is 4.98 Å². The van der Waals surface area contributed by atoms with Gasteiger partial charge >= 0.3 is 0 Å². The number of fused-ring (bicyclic) bond motifs is 4. The Morgan fingerprint density at radius 2 is 0.739 bits per heavy atom. The van der Waals surface area contributed by atoms with E-state index in [1.165, 1.54) is 0 Å². The maximum atomic E-state index is 6.37. The van der Waals surface area contributed by atoms with Gasteiger partial charge < -0.3 is 19.3 Å². The van der Waals surface area contributed by atoms with Crippen LogP contribution in [0.2, 0.25) is 0 Å². The summed E-state index contributed by atoms with van der Waals surface area (Å²) in [5.41, 5.74) is 9.74. The molecule has 0 fully saturated rings. The fourth-order valence-electron chi connectivity index (χ4n) is 6.33. The predicted molar refractivity (Wildman–Crippen MR) is 185 cm³/mol. The van der Waals surface area contributed by atoms with Crippen LogP contribution in [0.3, 0.4) is 0 Å². The summed E-state index contributed by atoms with van der Waals surface area (Å²) >= 11 is 0. The van der Waals surface area contributed by atoms with Gasteiger partial charge in [0.2, 0.25) is 0 Å². The zero-order valence-corrected chi connectivity index (χ0v) is 24.7. The van der Waals surface area contributed by atoms with Crippen molar-refractivity contribution in [2.75, 3.05) is 9.80 Å². The highest BCUT2D eigenvalue weighted by Gasteiger charge is 2.29. The highest BCUT2D eigenvalue weighted by atomic mass is 16.5. The summed E-state index contributed by atoms with van der Waals surface area (Å²) in [4.78, 5) is 9.73. The number of ether oxygens (including phenoxy) is 2. The lowest BCUT2D eigenvalue weighted by Gasteiger charge is -2.35. The van der Waals surface area contributed by atoms with Gasteiger partial charge in [0.15, 0.2) is 23.0 Å². The molecular weight excluding hydrogens is 566 g/mol. The van der Waals surface area contributed by atoms with Crippen molar-refractivity contribution in [1.29, 1.82) is 0 Å². The molecule has 0 spiro atoms. The number of para-hydroxylation sites is 8. The Morgan fingerprint density at radius 1 is 0.348 bits per heavy atom. The summed E-state index contributed by atoms with van der Waals surface area (Å²) in [7, 11) is 0. The van der Waals surface area contributed by atoms with Gasteiger partial charge in [0.1, 0.15) is 0 Å². The number of hydrogen-bond acceptors (Lipinski definition) is 5. The minimum atomic E-state index is 0.805. The smallest absolute Gasteiger partial charge is 0.151 e. The highest BCUT2D eigenvalue weighted by molar-refractivity contribution is 5.93. The standard InChI is InChI=1S/C41H27N3O2/c1-2-13-28(14-3-1)32-15-12-16-33(42-32)29-25-30(43-34-17-4-8-21-38(34)45-39-22-9-5-18-35(39)43)27-31(26-29)44-36-19-6-10-23-40(36)46-41-24-11-7-20-37(41)44/h1-27H. The molecule has 0 saturated heterocycles. The molecule has 0 saturated carbocycles. The van der Waals surface area contributed by atoms with Crippen LogP contribution in [-0.2, 0) is 0 Å². The lowest BCUT2D eigenvalue weighted by atomic mass is 10.0. The second-order valence-corrected chi connectivity index (χ2v) is 11.3. The molecule has 0 unspecified atom stereocenters. The quantitative estimate of drug-likeness (QED) is 0.203. The average Bonchev–Trinajstić information content (AvgIpc) is 3.13. The number of anilines is 6. The van der Waals surface area contributed by atoms with Crippen molar-refractivity contribution in [1.82, 2.24) is 4.98 Å². The third-order valence-electron chi connectivity index (χ3n) is 8.40. The summed E-state index contributed by atoms with van der Waals surface area (Å²) in [5, 5.41) is 0. The van der Waals surface area contributed by atoms with Gasteiger partial charge in [-0.15, -0.1) is 0 Å². The van der Waals surface area contributed by atoms with E-state index in [0.29, 0.717) is 0 Å². The molecule has 3 heterocycles. The van der Waals surface area contributed by atoms with Crippen molar-refractivity contribution in [3.8, 4) is 45.5 Å². The molecule has 1 aromatic heterocycles. The normalized spacial score (nSPS) is 12.6. The van der Waals surface area contributed by atoms with Crippen LogP contribution in [0.15, 0.2) is 164 Å². The van der Waals surface area contributed by atoms with Gasteiger partial charge in [-0.3, -0.25) is 0 Å². The van der Waals surface area contributed by atoms with E-state index in [0.717, 1.165) is 79.6 Å². The molecule has 218 valence electrons. The van der Waals surface area contributed by atoms with E-state index in [4.69, 9.17) is 14.5 Å². The topological polar surface area (TPSA) is 37.8 Å². The average molecular weight is 594 g/mol. The first kappa shape index (κ1) is 26.1. The van der Waals surface area contributed by atoms with Crippen molar-refractivity contribution < 1.29 is 9.47 Å². The SMILES string of the molecule is c1ccc(-c2cccc(-c3cc(N4c5ccccc5Oc5ccccc54)cc(N4c5ccccc5Oc5ccccc54)c3)n2)cc1. The van der Waals surface area contributed by atoms with E-state index in [1.54, 1.807) is 0 Å². The van der Waals surface area contributed by atoms with Gasteiger partial charge in [0, 0.05) is 22.5 Å². The van der Waals surface area contributed by atoms with E-state index in [1.807, 2.05) is 91.0 Å². The molecule has 0 atom stereocenters. The zero-order valence-electron chi connectivity index (χ0n) is 24.7. The number of rotatable bonds is 4. The number of hydrogen-bond donors (Lipinski definition) is 0. The van der Waals surface area contributed by atoms with Crippen LogP contribution in [0.1, 0.15) is 0 Å². The van der Waals surface area contributed by atoms with Gasteiger partial charge in [-0.1, -0.05) is 84.9 Å². The van der Waals surface area contributed by atoms with Crippen LogP contribution in [0.25, 0.3) is 22.5 Å². The molecule has 6 aromatic carbocycles. The van der Waals surface area contributed by atoms with Crippen LogP contribution < -0.4 is 19.3 Å². The minimum absolute atomic E-state index is 0.805. The second-order valence-electron chi connectivity index (χ2n) is 11.3. The summed E-state index contributed by atoms with van der Waals surface area (Å²) in [6.07, 6.45) is 0. The lowest BCUT2D eigenvalue weighted by molar-refractivity contribution is 0.477. The Morgan fingerprint density at radius 3 is 1.20 bits per heavy atom. The van der Waals surface area contributed by atoms with Crippen molar-refractivity contribution in [2.45, 2.75) is 0 Å². The number of benzene rings is 6. The Labute approximate surface area is 267 Å². The predicted octanol–water partition coefficient (Wildman–Crippen LogP) is 11.6. The van der Waals surface area contributed by atoms with Crippen LogP contribution in [0.4, 0.5) is 34.1 Å². The van der Waals surface area contributed by atoms with Crippen LogP contribution in [0, 0.1) is 0 Å². The number of nitrogens with zero attached hydrogens (tertiary/aromatic N) is 3. The Bertz CT molecular complexity index is 2040. The Kier molecular flexibility index (Phi) is 6.06. The largest absolute Gasteiger partial charge is 0.453 e. The lowest BCUT2D eigenvalue weighted by Crippen LogP contribution is -2.18. The van der Waals surface area contributed by atoms with Gasteiger partial charge in [0.25, 0.3) is 0 Å². The Hall–Kier alpha value is -6.33. The number of pyridine rings is 1. The second kappa shape index (κ2) is 10.7. The highest BCUT2D eigenvalue weighted by Crippen LogP contribution is 2.54. The van der Waals surface area contributed by atoms with Crippen LogP contribution in [0.5, 0.6) is 23.0 Å². The van der Waals surface area contributed by atoms with E-state index in [-0.39, 0.29) is 0 Å². The fraction of sp³-hybridized carbons (Fsp3) is 0. The number of aromatic nitrogens is 1. The van der Waals surface area contributed by atoms with E-state index in [2.05, 4.69) is 82.6 Å². The van der Waals surface area contributed by atoms with E-state index < -0.39 is 0 Å². The molecule has 7 aromatic rings. The van der Waals surface area contributed by atoms with Crippen LogP contribution in [-0.4, -0.2) is 4.98 Å². The zero-order chi connectivity index (χ0) is 30.5. The first-order valence-electron chi connectivity index (χ1n) is 15.3. The summed E-state index contributed by atoms with van der Waals surface area (Å²) in [6.45, 7) is 0. The van der Waals surface area contributed by atoms with E-state index >= 15 is 0 Å². The Balaban J connectivity index is 1.30. The van der Waals surface area contributed by atoms with E-state index in [9.17, 15) is 0 Å². The third-order valence-corrected chi connectivity index (χ3v) is 8.40. The summed E-state index contributed by atoms with van der Waals surface area (Å²) in [6, 6.07) is 55.9. The van der Waals surface area contributed by atoms with Gasteiger partial charge in [-0.05, 0) is 78.9 Å². The maximum Gasteiger partial charge on any atom is 0.151 e. The van der Waals surface area contributed by atoms with Gasteiger partial charge in [-0.2, -0.15) is 0 Å². The monoisotopic (exact) mass is 593 g/mol. The third kappa shape index (κ3) is 4.37. The minimum Gasteiger partial charge on any atom is -0.453 e. The molecule has 0 amide bonds. The van der Waals surface area contributed by atoms with Gasteiger partial charge in [0.05, 0.1) is 34.1 Å². The molecule has 0 radical (unpaired) electrons.